The highest BCUT2D eigenvalue weighted by molar-refractivity contribution is 6.23. The van der Waals surface area contributed by atoms with E-state index in [9.17, 15) is 19.2 Å². The van der Waals surface area contributed by atoms with Crippen molar-refractivity contribution in [2.75, 3.05) is 11.1 Å². The summed E-state index contributed by atoms with van der Waals surface area (Å²) in [6, 6.07) is 7.99. The number of amides is 3. The number of nitrogens with one attached hydrogen (secondary N) is 2. The van der Waals surface area contributed by atoms with Crippen LogP contribution in [-0.4, -0.2) is 22.3 Å². The van der Waals surface area contributed by atoms with Crippen LogP contribution in [0.3, 0.4) is 0 Å². The molecule has 0 unspecified atom stereocenters. The Kier molecular flexibility index (Phi) is 3.94. The first kappa shape index (κ1) is 19.3. The van der Waals surface area contributed by atoms with Gasteiger partial charge >= 0.3 is 0 Å². The Bertz CT molecular complexity index is 1230. The molecule has 0 saturated heterocycles. The first-order valence-corrected chi connectivity index (χ1v) is 11.2. The molecule has 0 radical (unpaired) electrons. The Morgan fingerprint density at radius 3 is 2.31 bits per heavy atom. The van der Waals surface area contributed by atoms with E-state index in [0.29, 0.717) is 29.1 Å². The van der Waals surface area contributed by atoms with Crippen LogP contribution in [0.1, 0.15) is 59.2 Å². The minimum atomic E-state index is -0.627. The Balaban J connectivity index is 1.33. The largest absolute Gasteiger partial charge is 0.384 e. The number of aromatic nitrogens is 1. The molecule has 1 aromatic heterocycles. The first-order chi connectivity index (χ1) is 15.3. The lowest BCUT2D eigenvalue weighted by atomic mass is 9.49. The highest BCUT2D eigenvalue weighted by Gasteiger charge is 2.54. The SMILES string of the molecule is Nc1c2c(cc(=O)n1-c1cccc(NC(=O)C34CC5CC(CC(C5)C3)C4)c1)C(=O)NC2=O. The lowest BCUT2D eigenvalue weighted by Crippen LogP contribution is -2.51. The van der Waals surface area contributed by atoms with E-state index in [4.69, 9.17) is 5.73 Å². The molecule has 0 spiro atoms. The zero-order chi connectivity index (χ0) is 22.2. The third-order valence-electron chi connectivity index (χ3n) is 7.84. The van der Waals surface area contributed by atoms with E-state index < -0.39 is 17.4 Å². The maximum absolute atomic E-state index is 13.4. The number of benzene rings is 1. The summed E-state index contributed by atoms with van der Waals surface area (Å²) >= 11 is 0. The Labute approximate surface area is 184 Å². The van der Waals surface area contributed by atoms with Gasteiger partial charge in [0.2, 0.25) is 5.91 Å². The van der Waals surface area contributed by atoms with E-state index in [2.05, 4.69) is 10.6 Å². The number of imide groups is 1. The zero-order valence-electron chi connectivity index (χ0n) is 17.5. The summed E-state index contributed by atoms with van der Waals surface area (Å²) in [6.07, 6.45) is 6.68. The molecule has 4 saturated carbocycles. The molecule has 1 aromatic carbocycles. The van der Waals surface area contributed by atoms with Crippen molar-refractivity contribution in [1.82, 2.24) is 9.88 Å². The van der Waals surface area contributed by atoms with Crippen LogP contribution in [-0.2, 0) is 4.79 Å². The fraction of sp³-hybridized carbons (Fsp3) is 0.417. The number of rotatable bonds is 3. The molecular formula is C24H24N4O4. The summed E-state index contributed by atoms with van der Waals surface area (Å²) in [4.78, 5) is 50.1. The fourth-order valence-corrected chi connectivity index (χ4v) is 6.92. The maximum atomic E-state index is 13.4. The molecule has 8 heteroatoms. The third kappa shape index (κ3) is 2.75. The second-order valence-corrected chi connectivity index (χ2v) is 9.98. The molecule has 2 heterocycles. The summed E-state index contributed by atoms with van der Waals surface area (Å²) in [6.45, 7) is 0. The molecule has 3 amide bonds. The topological polar surface area (TPSA) is 123 Å². The van der Waals surface area contributed by atoms with Crippen molar-refractivity contribution in [1.29, 1.82) is 0 Å². The highest BCUT2D eigenvalue weighted by atomic mass is 16.2. The smallest absolute Gasteiger partial charge is 0.262 e. The standard InChI is InChI=1S/C24H24N4O4/c25-20-19-17(21(30)27-22(19)31)8-18(29)28(20)16-3-1-2-15(7-16)26-23(32)24-9-12-4-13(10-24)6-14(5-12)11-24/h1-3,7-8,12-14H,4-6,9-11,25H2,(H,26,32)(H,27,30,31). The fourth-order valence-electron chi connectivity index (χ4n) is 6.92. The van der Waals surface area contributed by atoms with Crippen LogP contribution in [0.4, 0.5) is 11.5 Å². The van der Waals surface area contributed by atoms with E-state index in [1.807, 2.05) is 0 Å². The van der Waals surface area contributed by atoms with Crippen molar-refractivity contribution in [3.05, 3.63) is 51.8 Å². The molecule has 8 nitrogen and oxygen atoms in total. The summed E-state index contributed by atoms with van der Waals surface area (Å²) in [5.41, 5.74) is 6.32. The third-order valence-corrected chi connectivity index (χ3v) is 7.84. The molecule has 4 aliphatic carbocycles. The number of nitrogens with two attached hydrogens (primary N) is 1. The number of hydrogen-bond donors (Lipinski definition) is 3. The predicted molar refractivity (Wildman–Crippen MR) is 117 cm³/mol. The molecule has 4 bridgehead atoms. The number of fused-ring (bicyclic) bond motifs is 1. The van der Waals surface area contributed by atoms with Crippen molar-refractivity contribution in [2.24, 2.45) is 23.2 Å². The number of pyridine rings is 1. The number of hydrogen-bond acceptors (Lipinski definition) is 5. The Morgan fingerprint density at radius 1 is 1.00 bits per heavy atom. The quantitative estimate of drug-likeness (QED) is 0.643. The summed E-state index contributed by atoms with van der Waals surface area (Å²) in [5.74, 6) is 0.708. The zero-order valence-corrected chi connectivity index (χ0v) is 17.5. The molecule has 164 valence electrons. The lowest BCUT2D eigenvalue weighted by Gasteiger charge is -2.55. The highest BCUT2D eigenvalue weighted by Crippen LogP contribution is 2.60. The number of anilines is 2. The van der Waals surface area contributed by atoms with Crippen molar-refractivity contribution in [3.63, 3.8) is 0 Å². The van der Waals surface area contributed by atoms with Crippen LogP contribution in [0.25, 0.3) is 5.69 Å². The molecule has 1 aliphatic heterocycles. The average molecular weight is 432 g/mol. The molecule has 0 atom stereocenters. The van der Waals surface area contributed by atoms with Gasteiger partial charge in [0.25, 0.3) is 17.4 Å². The van der Waals surface area contributed by atoms with Gasteiger partial charge in [-0.3, -0.25) is 29.1 Å². The van der Waals surface area contributed by atoms with Gasteiger partial charge < -0.3 is 11.1 Å². The van der Waals surface area contributed by atoms with E-state index in [0.717, 1.165) is 25.3 Å². The minimum Gasteiger partial charge on any atom is -0.384 e. The number of carbonyl (C=O) groups is 3. The van der Waals surface area contributed by atoms with Crippen LogP contribution in [0, 0.1) is 23.2 Å². The molecule has 7 rings (SSSR count). The second-order valence-electron chi connectivity index (χ2n) is 9.98. The summed E-state index contributed by atoms with van der Waals surface area (Å²) in [5, 5.41) is 5.25. The summed E-state index contributed by atoms with van der Waals surface area (Å²) in [7, 11) is 0. The van der Waals surface area contributed by atoms with Gasteiger partial charge in [0.15, 0.2) is 0 Å². The van der Waals surface area contributed by atoms with Gasteiger partial charge in [0, 0.05) is 11.8 Å². The second kappa shape index (κ2) is 6.54. The maximum Gasteiger partial charge on any atom is 0.262 e. The number of carbonyl (C=O) groups excluding carboxylic acids is 3. The van der Waals surface area contributed by atoms with E-state index >= 15 is 0 Å². The molecule has 4 N–H and O–H groups in total. The molecular weight excluding hydrogens is 408 g/mol. The molecule has 32 heavy (non-hydrogen) atoms. The van der Waals surface area contributed by atoms with Crippen LogP contribution < -0.4 is 21.9 Å². The Hall–Kier alpha value is -3.42. The van der Waals surface area contributed by atoms with E-state index in [1.54, 1.807) is 24.3 Å². The van der Waals surface area contributed by atoms with Gasteiger partial charge in [0.1, 0.15) is 5.82 Å². The molecule has 2 aromatic rings. The van der Waals surface area contributed by atoms with Crippen LogP contribution >= 0.6 is 0 Å². The van der Waals surface area contributed by atoms with Gasteiger partial charge in [-0.15, -0.1) is 0 Å². The average Bonchev–Trinajstić information content (AvgIpc) is 3.00. The number of nitrogen functional groups attached to an aromatic ring is 1. The van der Waals surface area contributed by atoms with Gasteiger partial charge in [-0.25, -0.2) is 0 Å². The van der Waals surface area contributed by atoms with Gasteiger partial charge in [-0.05, 0) is 74.5 Å². The van der Waals surface area contributed by atoms with Gasteiger partial charge in [-0.2, -0.15) is 0 Å². The predicted octanol–water partition coefficient (Wildman–Crippen LogP) is 2.46. The van der Waals surface area contributed by atoms with Gasteiger partial charge in [0.05, 0.1) is 22.2 Å². The lowest BCUT2D eigenvalue weighted by molar-refractivity contribution is -0.140. The van der Waals surface area contributed by atoms with Crippen molar-refractivity contribution in [3.8, 4) is 5.69 Å². The van der Waals surface area contributed by atoms with Gasteiger partial charge in [-0.1, -0.05) is 6.07 Å². The molecule has 5 aliphatic rings. The monoisotopic (exact) mass is 432 g/mol. The summed E-state index contributed by atoms with van der Waals surface area (Å²) < 4.78 is 1.19. The first-order valence-electron chi connectivity index (χ1n) is 11.2. The molecule has 4 fully saturated rings. The van der Waals surface area contributed by atoms with Crippen molar-refractivity contribution >= 4 is 29.2 Å². The van der Waals surface area contributed by atoms with Crippen LogP contribution in [0.15, 0.2) is 35.1 Å². The van der Waals surface area contributed by atoms with Crippen molar-refractivity contribution in [2.45, 2.75) is 38.5 Å². The van der Waals surface area contributed by atoms with E-state index in [1.165, 1.54) is 23.8 Å². The number of nitrogens with zero attached hydrogens (tertiary/aromatic N) is 1. The van der Waals surface area contributed by atoms with Crippen LogP contribution in [0.5, 0.6) is 0 Å². The van der Waals surface area contributed by atoms with Crippen molar-refractivity contribution < 1.29 is 14.4 Å². The normalized spacial score (nSPS) is 29.7. The van der Waals surface area contributed by atoms with E-state index in [-0.39, 0.29) is 28.3 Å². The Morgan fingerprint density at radius 2 is 1.66 bits per heavy atom. The van der Waals surface area contributed by atoms with Crippen LogP contribution in [0.2, 0.25) is 0 Å². The minimum absolute atomic E-state index is 0.00222.